The van der Waals surface area contributed by atoms with Crippen molar-refractivity contribution in [3.8, 4) is 17.2 Å². The fraction of sp³-hybridized carbons (Fsp3) is 0.684. The maximum atomic E-state index is 5.95. The zero-order chi connectivity index (χ0) is 17.1. The number of piperidine rings is 1. The van der Waals surface area contributed by atoms with Gasteiger partial charge in [-0.2, -0.15) is 0 Å². The summed E-state index contributed by atoms with van der Waals surface area (Å²) >= 11 is 0. The molecule has 0 aromatic heterocycles. The summed E-state index contributed by atoms with van der Waals surface area (Å²) in [5.74, 6) is 2.48. The number of hydrogen-bond acceptors (Lipinski definition) is 6. The van der Waals surface area contributed by atoms with Gasteiger partial charge in [0.25, 0.3) is 0 Å². The molecule has 0 bridgehead atoms. The van der Waals surface area contributed by atoms with E-state index >= 15 is 0 Å². The Kier molecular flexibility index (Phi) is 5.01. The van der Waals surface area contributed by atoms with Crippen LogP contribution in [0.1, 0.15) is 24.8 Å². The molecule has 1 aromatic carbocycles. The molecule has 1 spiro atoms. The number of hydrogen-bond donors (Lipinski definition) is 1. The minimum absolute atomic E-state index is 0.288. The van der Waals surface area contributed by atoms with Gasteiger partial charge in [0.05, 0.1) is 6.61 Å². The van der Waals surface area contributed by atoms with Crippen LogP contribution in [0, 0.1) is 5.41 Å². The monoisotopic (exact) mass is 348 g/mol. The Labute approximate surface area is 149 Å². The average molecular weight is 348 g/mol. The van der Waals surface area contributed by atoms with Gasteiger partial charge in [-0.15, -0.1) is 0 Å². The Balaban J connectivity index is 1.47. The summed E-state index contributed by atoms with van der Waals surface area (Å²) < 4.78 is 22.1. The Morgan fingerprint density at radius 2 is 1.92 bits per heavy atom. The molecule has 0 amide bonds. The molecule has 2 fully saturated rings. The fourth-order valence-corrected chi connectivity index (χ4v) is 4.23. The van der Waals surface area contributed by atoms with E-state index in [2.05, 4.69) is 16.3 Å². The highest BCUT2D eigenvalue weighted by Crippen LogP contribution is 2.42. The second-order valence-corrected chi connectivity index (χ2v) is 7.37. The molecule has 6 heteroatoms. The molecule has 0 unspecified atom stereocenters. The number of fused-ring (bicyclic) bond motifs is 1. The quantitative estimate of drug-likeness (QED) is 0.794. The second-order valence-electron chi connectivity index (χ2n) is 7.37. The molecular weight excluding hydrogens is 320 g/mol. The van der Waals surface area contributed by atoms with E-state index in [9.17, 15) is 0 Å². The van der Waals surface area contributed by atoms with Crippen LogP contribution in [-0.4, -0.2) is 58.2 Å². The topological polar surface area (TPSA) is 52.2 Å². The van der Waals surface area contributed by atoms with Crippen LogP contribution >= 0.6 is 0 Å². The summed E-state index contributed by atoms with van der Waals surface area (Å²) in [6.45, 7) is 6.95. The molecular formula is C19H28N2O4. The highest BCUT2D eigenvalue weighted by atomic mass is 16.7. The Bertz CT molecular complexity index is 601. The van der Waals surface area contributed by atoms with Crippen LogP contribution in [0.15, 0.2) is 12.1 Å². The van der Waals surface area contributed by atoms with E-state index in [1.54, 1.807) is 7.11 Å². The van der Waals surface area contributed by atoms with Crippen molar-refractivity contribution in [2.75, 3.05) is 53.3 Å². The van der Waals surface area contributed by atoms with E-state index in [1.807, 2.05) is 6.07 Å². The summed E-state index contributed by atoms with van der Waals surface area (Å²) in [5.41, 5.74) is 1.69. The van der Waals surface area contributed by atoms with Gasteiger partial charge in [0, 0.05) is 31.8 Å². The Morgan fingerprint density at radius 1 is 1.12 bits per heavy atom. The largest absolute Gasteiger partial charge is 0.491 e. The molecule has 3 aliphatic rings. The summed E-state index contributed by atoms with van der Waals surface area (Å²) in [6, 6.07) is 4.04. The lowest BCUT2D eigenvalue weighted by atomic mass is 9.78. The first-order valence-electron chi connectivity index (χ1n) is 9.25. The first-order valence-corrected chi connectivity index (χ1v) is 9.25. The van der Waals surface area contributed by atoms with Crippen LogP contribution in [0.25, 0.3) is 0 Å². The molecule has 4 rings (SSSR count). The molecule has 6 nitrogen and oxygen atoms in total. The second kappa shape index (κ2) is 7.40. The average Bonchev–Trinajstić information content (AvgIpc) is 3.23. The first kappa shape index (κ1) is 16.9. The third kappa shape index (κ3) is 3.71. The van der Waals surface area contributed by atoms with Gasteiger partial charge in [-0.1, -0.05) is 0 Å². The predicted octanol–water partition coefficient (Wildman–Crippen LogP) is 2.02. The smallest absolute Gasteiger partial charge is 0.231 e. The summed E-state index contributed by atoms with van der Waals surface area (Å²) in [5, 5.41) is 3.49. The van der Waals surface area contributed by atoms with Gasteiger partial charge in [0.1, 0.15) is 12.4 Å². The van der Waals surface area contributed by atoms with Gasteiger partial charge in [-0.3, -0.25) is 4.90 Å². The standard InChI is InChI=1S/C19H28N2O4/c1-22-8-9-23-16-11-18-17(24-14-25-18)10-15(16)12-21-7-4-19(13-21)2-5-20-6-3-19/h10-11,20H,2-9,12-14H2,1H3. The van der Waals surface area contributed by atoms with Crippen molar-refractivity contribution in [1.82, 2.24) is 10.2 Å². The van der Waals surface area contributed by atoms with Gasteiger partial charge in [0.15, 0.2) is 11.5 Å². The molecule has 0 aliphatic carbocycles. The molecule has 0 radical (unpaired) electrons. The van der Waals surface area contributed by atoms with Gasteiger partial charge in [-0.25, -0.2) is 0 Å². The number of methoxy groups -OCH3 is 1. The van der Waals surface area contributed by atoms with Crippen LogP contribution in [0.4, 0.5) is 0 Å². The molecule has 138 valence electrons. The summed E-state index contributed by atoms with van der Waals surface area (Å²) in [6.07, 6.45) is 3.89. The minimum Gasteiger partial charge on any atom is -0.491 e. The van der Waals surface area contributed by atoms with Crippen molar-refractivity contribution >= 4 is 0 Å². The maximum Gasteiger partial charge on any atom is 0.231 e. The molecule has 3 aliphatic heterocycles. The number of nitrogens with one attached hydrogen (secondary N) is 1. The molecule has 1 N–H and O–H groups in total. The lowest BCUT2D eigenvalue weighted by Crippen LogP contribution is -2.38. The molecule has 0 atom stereocenters. The maximum absolute atomic E-state index is 5.95. The summed E-state index contributed by atoms with van der Waals surface area (Å²) in [7, 11) is 1.69. The van der Waals surface area contributed by atoms with E-state index in [4.69, 9.17) is 18.9 Å². The predicted molar refractivity (Wildman–Crippen MR) is 94.4 cm³/mol. The Hall–Kier alpha value is -1.50. The van der Waals surface area contributed by atoms with Crippen molar-refractivity contribution in [1.29, 1.82) is 0 Å². The number of rotatable bonds is 6. The minimum atomic E-state index is 0.288. The van der Waals surface area contributed by atoms with Crippen LogP contribution in [-0.2, 0) is 11.3 Å². The molecule has 0 saturated carbocycles. The SMILES string of the molecule is COCCOc1cc2c(cc1CN1CCC3(CCNCC3)C1)OCO2. The zero-order valence-corrected chi connectivity index (χ0v) is 15.0. The third-order valence-electron chi connectivity index (χ3n) is 5.68. The fourth-order valence-electron chi connectivity index (χ4n) is 4.23. The van der Waals surface area contributed by atoms with Gasteiger partial charge >= 0.3 is 0 Å². The number of nitrogens with zero attached hydrogens (tertiary/aromatic N) is 1. The molecule has 2 saturated heterocycles. The first-order chi connectivity index (χ1) is 12.3. The van der Waals surface area contributed by atoms with E-state index in [1.165, 1.54) is 31.4 Å². The zero-order valence-electron chi connectivity index (χ0n) is 15.0. The van der Waals surface area contributed by atoms with Crippen molar-refractivity contribution in [3.05, 3.63) is 17.7 Å². The van der Waals surface area contributed by atoms with Crippen LogP contribution in [0.2, 0.25) is 0 Å². The van der Waals surface area contributed by atoms with Gasteiger partial charge in [-0.05, 0) is 50.4 Å². The third-order valence-corrected chi connectivity index (χ3v) is 5.68. The van der Waals surface area contributed by atoms with Crippen LogP contribution in [0.5, 0.6) is 17.2 Å². The lowest BCUT2D eigenvalue weighted by molar-refractivity contribution is 0.144. The normalized spacial score (nSPS) is 21.8. The van der Waals surface area contributed by atoms with Gasteiger partial charge < -0.3 is 24.3 Å². The highest BCUT2D eigenvalue weighted by molar-refractivity contribution is 5.51. The van der Waals surface area contributed by atoms with Crippen LogP contribution < -0.4 is 19.5 Å². The van der Waals surface area contributed by atoms with Gasteiger partial charge in [0.2, 0.25) is 6.79 Å². The number of likely N-dealkylation sites (tertiary alicyclic amines) is 1. The van der Waals surface area contributed by atoms with Crippen molar-refractivity contribution < 1.29 is 18.9 Å². The molecule has 1 aromatic rings. The van der Waals surface area contributed by atoms with Crippen molar-refractivity contribution in [2.24, 2.45) is 5.41 Å². The van der Waals surface area contributed by atoms with Crippen molar-refractivity contribution in [3.63, 3.8) is 0 Å². The Morgan fingerprint density at radius 3 is 2.72 bits per heavy atom. The molecule has 25 heavy (non-hydrogen) atoms. The number of ether oxygens (including phenoxy) is 4. The number of benzene rings is 1. The van der Waals surface area contributed by atoms with E-state index in [0.29, 0.717) is 18.6 Å². The van der Waals surface area contributed by atoms with Crippen LogP contribution in [0.3, 0.4) is 0 Å². The lowest BCUT2D eigenvalue weighted by Gasteiger charge is -2.34. The molecule has 3 heterocycles. The van der Waals surface area contributed by atoms with E-state index in [-0.39, 0.29) is 6.79 Å². The highest BCUT2D eigenvalue weighted by Gasteiger charge is 2.38. The van der Waals surface area contributed by atoms with E-state index in [0.717, 1.165) is 43.4 Å². The summed E-state index contributed by atoms with van der Waals surface area (Å²) in [4.78, 5) is 2.56. The van der Waals surface area contributed by atoms with Crippen molar-refractivity contribution in [2.45, 2.75) is 25.8 Å². The van der Waals surface area contributed by atoms with E-state index < -0.39 is 0 Å².